The fourth-order valence-corrected chi connectivity index (χ4v) is 1.76. The number of imidazole rings is 1. The molecular weight excluding hydrogens is 254 g/mol. The summed E-state index contributed by atoms with van der Waals surface area (Å²) in [5, 5.41) is 0. The number of ether oxygens (including phenoxy) is 1. The second kappa shape index (κ2) is 6.23. The molecule has 0 aliphatic rings. The molecule has 0 aliphatic heterocycles. The average Bonchev–Trinajstić information content (AvgIpc) is 2.92. The number of hydrogen-bond donors (Lipinski definition) is 1. The van der Waals surface area contributed by atoms with Crippen molar-refractivity contribution in [2.24, 2.45) is 0 Å². The van der Waals surface area contributed by atoms with Gasteiger partial charge in [-0.1, -0.05) is 6.07 Å². The minimum absolute atomic E-state index is 0.0275. The lowest BCUT2D eigenvalue weighted by atomic mass is 10.1. The molecule has 5 heteroatoms. The van der Waals surface area contributed by atoms with Crippen molar-refractivity contribution >= 4 is 5.91 Å². The van der Waals surface area contributed by atoms with Crippen LogP contribution in [0.25, 0.3) is 0 Å². The van der Waals surface area contributed by atoms with E-state index < -0.39 is 0 Å². The highest BCUT2D eigenvalue weighted by molar-refractivity contribution is 5.77. The number of aryl methyl sites for hydroxylation is 2. The van der Waals surface area contributed by atoms with Gasteiger partial charge in [0.25, 0.3) is 5.91 Å². The van der Waals surface area contributed by atoms with Crippen LogP contribution in [0.3, 0.4) is 0 Å². The Hall–Kier alpha value is -2.30. The fourth-order valence-electron chi connectivity index (χ4n) is 1.76. The number of nitrogens with zero attached hydrogens (tertiary/aromatic N) is 2. The summed E-state index contributed by atoms with van der Waals surface area (Å²) in [5.74, 6) is 1.39. The molecule has 0 saturated carbocycles. The van der Waals surface area contributed by atoms with E-state index in [4.69, 9.17) is 4.74 Å². The maximum atomic E-state index is 12.0. The molecule has 2 aromatic rings. The van der Waals surface area contributed by atoms with Crippen LogP contribution in [0.2, 0.25) is 0 Å². The van der Waals surface area contributed by atoms with Crippen molar-refractivity contribution in [1.29, 1.82) is 0 Å². The van der Waals surface area contributed by atoms with E-state index in [1.807, 2.05) is 32.0 Å². The number of aromatic amines is 1. The van der Waals surface area contributed by atoms with Crippen molar-refractivity contribution in [1.82, 2.24) is 14.9 Å². The van der Waals surface area contributed by atoms with Gasteiger partial charge >= 0.3 is 0 Å². The van der Waals surface area contributed by atoms with Gasteiger partial charge in [0.05, 0.1) is 6.54 Å². The lowest BCUT2D eigenvalue weighted by molar-refractivity contribution is -0.132. The van der Waals surface area contributed by atoms with Crippen LogP contribution in [0.5, 0.6) is 5.75 Å². The van der Waals surface area contributed by atoms with Gasteiger partial charge in [0.15, 0.2) is 6.61 Å². The van der Waals surface area contributed by atoms with E-state index in [1.54, 1.807) is 24.3 Å². The number of hydrogen-bond acceptors (Lipinski definition) is 3. The Labute approximate surface area is 118 Å². The third-order valence-electron chi connectivity index (χ3n) is 3.21. The molecule has 5 nitrogen and oxygen atoms in total. The Bertz CT molecular complexity index is 579. The second-order valence-corrected chi connectivity index (χ2v) is 4.82. The van der Waals surface area contributed by atoms with Gasteiger partial charge in [0.1, 0.15) is 11.6 Å². The van der Waals surface area contributed by atoms with Crippen LogP contribution >= 0.6 is 0 Å². The summed E-state index contributed by atoms with van der Waals surface area (Å²) in [4.78, 5) is 20.6. The molecule has 1 amide bonds. The van der Waals surface area contributed by atoms with Gasteiger partial charge < -0.3 is 14.6 Å². The molecule has 1 N–H and O–H groups in total. The van der Waals surface area contributed by atoms with Gasteiger partial charge in [-0.25, -0.2) is 4.98 Å². The standard InChI is InChI=1S/C15H19N3O2/c1-11-4-5-13(8-12(11)2)20-10-15(19)18(3)9-14-16-6-7-17-14/h4-8H,9-10H2,1-3H3,(H,16,17). The van der Waals surface area contributed by atoms with Gasteiger partial charge in [0, 0.05) is 19.4 Å². The summed E-state index contributed by atoms with van der Waals surface area (Å²) in [6, 6.07) is 5.80. The monoisotopic (exact) mass is 273 g/mol. The summed E-state index contributed by atoms with van der Waals surface area (Å²) in [6.07, 6.45) is 3.40. The van der Waals surface area contributed by atoms with Crippen LogP contribution in [0.1, 0.15) is 17.0 Å². The van der Waals surface area contributed by atoms with Gasteiger partial charge in [0.2, 0.25) is 0 Å². The zero-order valence-electron chi connectivity index (χ0n) is 12.0. The first-order valence-corrected chi connectivity index (χ1v) is 6.48. The van der Waals surface area contributed by atoms with Gasteiger partial charge in [-0.3, -0.25) is 4.79 Å². The molecule has 0 unspecified atom stereocenters. The zero-order valence-corrected chi connectivity index (χ0v) is 12.0. The highest BCUT2D eigenvalue weighted by atomic mass is 16.5. The Kier molecular flexibility index (Phi) is 4.40. The van der Waals surface area contributed by atoms with E-state index in [2.05, 4.69) is 9.97 Å². The Balaban J connectivity index is 1.86. The summed E-state index contributed by atoms with van der Waals surface area (Å²) in [6.45, 7) is 4.54. The van der Waals surface area contributed by atoms with Crippen LogP contribution in [0, 0.1) is 13.8 Å². The lowest BCUT2D eigenvalue weighted by Gasteiger charge is -2.16. The van der Waals surface area contributed by atoms with Crippen LogP contribution in [-0.4, -0.2) is 34.4 Å². The largest absolute Gasteiger partial charge is 0.484 e. The van der Waals surface area contributed by atoms with E-state index in [0.29, 0.717) is 12.3 Å². The summed E-state index contributed by atoms with van der Waals surface area (Å²) >= 11 is 0. The number of aromatic nitrogens is 2. The third-order valence-corrected chi connectivity index (χ3v) is 3.21. The van der Waals surface area contributed by atoms with Crippen molar-refractivity contribution in [3.63, 3.8) is 0 Å². The van der Waals surface area contributed by atoms with E-state index in [1.165, 1.54) is 5.56 Å². The Morgan fingerprint density at radius 3 is 2.80 bits per heavy atom. The van der Waals surface area contributed by atoms with Crippen LogP contribution in [0.15, 0.2) is 30.6 Å². The van der Waals surface area contributed by atoms with Crippen LogP contribution in [-0.2, 0) is 11.3 Å². The fraction of sp³-hybridized carbons (Fsp3) is 0.333. The number of nitrogens with one attached hydrogen (secondary N) is 1. The van der Waals surface area contributed by atoms with E-state index in [-0.39, 0.29) is 12.5 Å². The van der Waals surface area contributed by atoms with Crippen LogP contribution in [0.4, 0.5) is 0 Å². The molecule has 0 fully saturated rings. The first-order valence-electron chi connectivity index (χ1n) is 6.48. The molecule has 0 aliphatic carbocycles. The highest BCUT2D eigenvalue weighted by Crippen LogP contribution is 2.16. The SMILES string of the molecule is Cc1ccc(OCC(=O)N(C)Cc2ncc[nH]2)cc1C. The molecule has 1 aromatic carbocycles. The number of likely N-dealkylation sites (N-methyl/N-ethyl adjacent to an activating group) is 1. The van der Waals surface area contributed by atoms with E-state index >= 15 is 0 Å². The highest BCUT2D eigenvalue weighted by Gasteiger charge is 2.11. The Morgan fingerprint density at radius 2 is 2.15 bits per heavy atom. The average molecular weight is 273 g/mol. The predicted octanol–water partition coefficient (Wildman–Crippen LogP) is 2.06. The van der Waals surface area contributed by atoms with Crippen molar-refractivity contribution in [2.45, 2.75) is 20.4 Å². The van der Waals surface area contributed by atoms with Crippen molar-refractivity contribution in [3.8, 4) is 5.75 Å². The number of rotatable bonds is 5. The van der Waals surface area contributed by atoms with Crippen LogP contribution < -0.4 is 4.74 Å². The Morgan fingerprint density at radius 1 is 1.35 bits per heavy atom. The van der Waals surface area contributed by atoms with Gasteiger partial charge in [-0.15, -0.1) is 0 Å². The lowest BCUT2D eigenvalue weighted by Crippen LogP contribution is -2.31. The number of amides is 1. The van der Waals surface area contributed by atoms with Gasteiger partial charge in [-0.2, -0.15) is 0 Å². The first kappa shape index (κ1) is 14.1. The topological polar surface area (TPSA) is 58.2 Å². The predicted molar refractivity (Wildman–Crippen MR) is 76.5 cm³/mol. The molecule has 1 heterocycles. The molecule has 0 radical (unpaired) electrons. The summed E-state index contributed by atoms with van der Waals surface area (Å²) < 4.78 is 5.52. The molecule has 0 spiro atoms. The molecule has 20 heavy (non-hydrogen) atoms. The van der Waals surface area contributed by atoms with Crippen molar-refractivity contribution in [2.75, 3.05) is 13.7 Å². The molecular formula is C15H19N3O2. The second-order valence-electron chi connectivity index (χ2n) is 4.82. The number of carbonyl (C=O) groups is 1. The van der Waals surface area contributed by atoms with Crippen molar-refractivity contribution in [3.05, 3.63) is 47.5 Å². The quantitative estimate of drug-likeness (QED) is 0.907. The maximum absolute atomic E-state index is 12.0. The number of benzene rings is 1. The summed E-state index contributed by atoms with van der Waals surface area (Å²) in [7, 11) is 1.73. The minimum Gasteiger partial charge on any atom is -0.484 e. The van der Waals surface area contributed by atoms with Gasteiger partial charge in [-0.05, 0) is 37.1 Å². The smallest absolute Gasteiger partial charge is 0.260 e. The summed E-state index contributed by atoms with van der Waals surface area (Å²) in [5.41, 5.74) is 2.36. The molecule has 0 bridgehead atoms. The number of H-pyrrole nitrogens is 1. The van der Waals surface area contributed by atoms with Crippen molar-refractivity contribution < 1.29 is 9.53 Å². The number of carbonyl (C=O) groups excluding carboxylic acids is 1. The van der Waals surface area contributed by atoms with E-state index in [9.17, 15) is 4.79 Å². The molecule has 2 rings (SSSR count). The third kappa shape index (κ3) is 3.60. The zero-order chi connectivity index (χ0) is 14.5. The minimum atomic E-state index is -0.0837. The maximum Gasteiger partial charge on any atom is 0.260 e. The first-order chi connectivity index (χ1) is 9.56. The van der Waals surface area contributed by atoms with E-state index in [0.717, 1.165) is 11.4 Å². The molecule has 0 atom stereocenters. The molecule has 106 valence electrons. The molecule has 0 saturated heterocycles. The molecule has 1 aromatic heterocycles. The normalized spacial score (nSPS) is 10.3.